The van der Waals surface area contributed by atoms with Crippen molar-refractivity contribution in [2.75, 3.05) is 25.2 Å². The van der Waals surface area contributed by atoms with Gasteiger partial charge in [0.1, 0.15) is 28.9 Å². The third-order valence-electron chi connectivity index (χ3n) is 5.30. The van der Waals surface area contributed by atoms with Gasteiger partial charge in [-0.15, -0.1) is 0 Å². The Morgan fingerprint density at radius 3 is 2.51 bits per heavy atom. The summed E-state index contributed by atoms with van der Waals surface area (Å²) in [7, 11) is 1.64. The van der Waals surface area contributed by atoms with Crippen molar-refractivity contribution < 1.29 is 19.0 Å². The van der Waals surface area contributed by atoms with E-state index in [1.807, 2.05) is 53.7 Å². The lowest BCUT2D eigenvalue weighted by Gasteiger charge is -2.32. The number of aromatic nitrogens is 1. The van der Waals surface area contributed by atoms with Crippen LogP contribution < -0.4 is 14.4 Å². The first-order valence-electron chi connectivity index (χ1n) is 11.9. The monoisotopic (exact) mass is 503 g/mol. The van der Waals surface area contributed by atoms with Gasteiger partial charge in [0.15, 0.2) is 0 Å². The molecule has 0 saturated carbocycles. The number of carbonyl (C=O) groups excluding carboxylic acids is 1. The number of nitrogens with zero attached hydrogens (tertiary/aromatic N) is 2. The van der Waals surface area contributed by atoms with Gasteiger partial charge in [0.2, 0.25) is 0 Å². The summed E-state index contributed by atoms with van der Waals surface area (Å²) in [5.74, 6) is 1.71. The number of carbonyl (C=O) groups is 1. The highest BCUT2D eigenvalue weighted by Gasteiger charge is 2.29. The number of halogens is 1. The van der Waals surface area contributed by atoms with Gasteiger partial charge >= 0.3 is 6.09 Å². The van der Waals surface area contributed by atoms with Gasteiger partial charge in [-0.05, 0) is 63.3 Å². The number of ether oxygens (including phenoxy) is 3. The largest absolute Gasteiger partial charge is 0.496 e. The molecule has 8 heteroatoms. The van der Waals surface area contributed by atoms with Crippen LogP contribution in [0.1, 0.15) is 64.7 Å². The number of rotatable bonds is 5. The minimum atomic E-state index is -0.526. The van der Waals surface area contributed by atoms with Crippen molar-refractivity contribution in [1.82, 2.24) is 4.98 Å². The minimum Gasteiger partial charge on any atom is -0.496 e. The first kappa shape index (κ1) is 28.4. The SMILES string of the molecule is CCCc1cc2c(cc1OC)N(C(=O)OC(C)(C)C)CCO2.Cc1cc(Cl)ncc1C(=N)C(C)C. The van der Waals surface area contributed by atoms with Crippen LogP contribution in [0.4, 0.5) is 10.5 Å². The molecule has 3 rings (SSSR count). The Bertz CT molecular complexity index is 1050. The van der Waals surface area contributed by atoms with Gasteiger partial charge in [0.05, 0.1) is 19.3 Å². The molecule has 7 nitrogen and oxygen atoms in total. The molecule has 1 aromatic carbocycles. The normalized spacial score (nSPS) is 12.8. The highest BCUT2D eigenvalue weighted by Crippen LogP contribution is 2.38. The molecular formula is C27H38ClN3O4. The first-order chi connectivity index (χ1) is 16.4. The van der Waals surface area contributed by atoms with Crippen LogP contribution in [0.2, 0.25) is 5.15 Å². The van der Waals surface area contributed by atoms with Crippen molar-refractivity contribution in [2.24, 2.45) is 5.92 Å². The molecule has 1 aliphatic rings. The molecule has 35 heavy (non-hydrogen) atoms. The quantitative estimate of drug-likeness (QED) is 0.356. The van der Waals surface area contributed by atoms with Crippen LogP contribution in [-0.4, -0.2) is 42.7 Å². The lowest BCUT2D eigenvalue weighted by molar-refractivity contribution is 0.0567. The third kappa shape index (κ3) is 7.85. The van der Waals surface area contributed by atoms with E-state index in [2.05, 4.69) is 11.9 Å². The summed E-state index contributed by atoms with van der Waals surface area (Å²) >= 11 is 5.72. The molecule has 0 bridgehead atoms. The molecule has 1 aliphatic heterocycles. The molecule has 0 fully saturated rings. The summed E-state index contributed by atoms with van der Waals surface area (Å²) in [5, 5.41) is 8.30. The van der Waals surface area contributed by atoms with E-state index in [1.165, 1.54) is 0 Å². The van der Waals surface area contributed by atoms with Gasteiger partial charge in [-0.25, -0.2) is 9.78 Å². The molecule has 1 amide bonds. The fraction of sp³-hybridized carbons (Fsp3) is 0.519. The van der Waals surface area contributed by atoms with Crippen molar-refractivity contribution in [3.8, 4) is 11.5 Å². The number of nitrogens with one attached hydrogen (secondary N) is 1. The Morgan fingerprint density at radius 2 is 1.97 bits per heavy atom. The number of amides is 1. The van der Waals surface area contributed by atoms with E-state index < -0.39 is 5.60 Å². The summed E-state index contributed by atoms with van der Waals surface area (Å²) in [6, 6.07) is 5.62. The smallest absolute Gasteiger partial charge is 0.415 e. The van der Waals surface area contributed by atoms with Gasteiger partial charge in [0.25, 0.3) is 0 Å². The van der Waals surface area contributed by atoms with Gasteiger partial charge in [-0.2, -0.15) is 0 Å². The van der Waals surface area contributed by atoms with Gasteiger partial charge in [-0.1, -0.05) is 38.8 Å². The molecule has 0 saturated heterocycles. The number of hydrogen-bond donors (Lipinski definition) is 1. The fourth-order valence-corrected chi connectivity index (χ4v) is 3.77. The molecule has 1 N–H and O–H groups in total. The van der Waals surface area contributed by atoms with Gasteiger partial charge < -0.3 is 19.6 Å². The van der Waals surface area contributed by atoms with Gasteiger partial charge in [0, 0.05) is 23.5 Å². The second-order valence-electron chi connectivity index (χ2n) is 9.75. The maximum absolute atomic E-state index is 12.4. The average molecular weight is 504 g/mol. The number of fused-ring (bicyclic) bond motifs is 1. The maximum atomic E-state index is 12.4. The highest BCUT2D eigenvalue weighted by atomic mass is 35.5. The molecule has 0 aliphatic carbocycles. The van der Waals surface area contributed by atoms with Crippen LogP contribution in [0, 0.1) is 18.3 Å². The van der Waals surface area contributed by atoms with Gasteiger partial charge in [-0.3, -0.25) is 4.90 Å². The Morgan fingerprint density at radius 1 is 1.29 bits per heavy atom. The highest BCUT2D eigenvalue weighted by molar-refractivity contribution is 6.29. The van der Waals surface area contributed by atoms with Crippen LogP contribution in [0.25, 0.3) is 0 Å². The van der Waals surface area contributed by atoms with E-state index in [0.717, 1.165) is 35.3 Å². The van der Waals surface area contributed by atoms with Crippen molar-refractivity contribution >= 4 is 29.1 Å². The number of benzene rings is 1. The molecule has 0 spiro atoms. The molecule has 1 aromatic heterocycles. The summed E-state index contributed by atoms with van der Waals surface area (Å²) < 4.78 is 16.6. The Kier molecular flexibility index (Phi) is 9.95. The number of hydrogen-bond acceptors (Lipinski definition) is 6. The van der Waals surface area contributed by atoms with Crippen molar-refractivity contribution in [1.29, 1.82) is 5.41 Å². The topological polar surface area (TPSA) is 84.7 Å². The molecule has 0 radical (unpaired) electrons. The maximum Gasteiger partial charge on any atom is 0.415 e. The molecule has 192 valence electrons. The van der Waals surface area contributed by atoms with Crippen LogP contribution in [-0.2, 0) is 11.2 Å². The number of methoxy groups -OCH3 is 1. The molecule has 2 heterocycles. The Hall–Kier alpha value is -2.80. The standard InChI is InChI=1S/C17H25NO4.C10H13ClN2/c1-6-7-12-10-15-13(11-14(12)20-5)18(8-9-21-15)16(19)22-17(2,3)4;1-6(2)10(12)8-5-13-9(11)4-7(8)3/h10-11H,6-9H2,1-5H3;4-6,12H,1-3H3. The Labute approximate surface area is 214 Å². The number of anilines is 1. The van der Waals surface area contributed by atoms with Crippen LogP contribution in [0.5, 0.6) is 11.5 Å². The minimum absolute atomic E-state index is 0.224. The van der Waals surface area contributed by atoms with Crippen LogP contribution in [0.3, 0.4) is 0 Å². The fourth-order valence-electron chi connectivity index (χ4n) is 3.56. The zero-order valence-corrected chi connectivity index (χ0v) is 22.9. The van der Waals surface area contributed by atoms with E-state index in [9.17, 15) is 4.79 Å². The zero-order valence-electron chi connectivity index (χ0n) is 22.1. The molecule has 0 atom stereocenters. The van der Waals surface area contributed by atoms with E-state index >= 15 is 0 Å². The summed E-state index contributed by atoms with van der Waals surface area (Å²) in [6.07, 6.45) is 3.24. The lowest BCUT2D eigenvalue weighted by atomic mass is 9.98. The summed E-state index contributed by atoms with van der Waals surface area (Å²) in [5.41, 5.74) is 3.79. The van der Waals surface area contributed by atoms with Crippen LogP contribution >= 0.6 is 11.6 Å². The Balaban J connectivity index is 0.000000283. The van der Waals surface area contributed by atoms with E-state index in [0.29, 0.717) is 35.5 Å². The molecular weight excluding hydrogens is 466 g/mol. The van der Waals surface area contributed by atoms with Crippen molar-refractivity contribution in [3.05, 3.63) is 46.2 Å². The van der Waals surface area contributed by atoms with E-state index in [-0.39, 0.29) is 12.0 Å². The van der Waals surface area contributed by atoms with Crippen LogP contribution in [0.15, 0.2) is 24.4 Å². The van der Waals surface area contributed by atoms with E-state index in [4.69, 9.17) is 31.2 Å². The summed E-state index contributed by atoms with van der Waals surface area (Å²) in [6.45, 7) is 14.6. The first-order valence-corrected chi connectivity index (χ1v) is 12.3. The number of aryl methyl sites for hydroxylation is 2. The molecule has 0 unspecified atom stereocenters. The predicted octanol–water partition coefficient (Wildman–Crippen LogP) is 6.85. The average Bonchev–Trinajstić information content (AvgIpc) is 2.77. The van der Waals surface area contributed by atoms with Crippen molar-refractivity contribution in [2.45, 2.75) is 66.9 Å². The second-order valence-corrected chi connectivity index (χ2v) is 10.1. The van der Waals surface area contributed by atoms with Crippen molar-refractivity contribution in [3.63, 3.8) is 0 Å². The second kappa shape index (κ2) is 12.2. The van der Waals surface area contributed by atoms with E-state index in [1.54, 1.807) is 24.3 Å². The zero-order chi connectivity index (χ0) is 26.3. The summed E-state index contributed by atoms with van der Waals surface area (Å²) in [4.78, 5) is 18.0. The molecule has 2 aromatic rings. The lowest BCUT2D eigenvalue weighted by Crippen LogP contribution is -2.41. The predicted molar refractivity (Wildman–Crippen MR) is 142 cm³/mol. The number of pyridine rings is 1. The third-order valence-corrected chi connectivity index (χ3v) is 5.51.